The standard InChI is InChI=1S/C16H18BrN3S/c1-12-14(17)9-13(21-12)10-18-7-4-8-20-11-19-15-5-2-3-6-16(15)20/h2-3,5-6,9,11,18H,4,7-8,10H2,1H3. The van der Waals surface area contributed by atoms with Gasteiger partial charge in [-0.15, -0.1) is 11.3 Å². The van der Waals surface area contributed by atoms with Gasteiger partial charge in [0.25, 0.3) is 0 Å². The number of aromatic nitrogens is 2. The number of halogens is 1. The Bertz CT molecular complexity index is 713. The number of imidazole rings is 1. The molecule has 0 saturated carbocycles. The first-order valence-electron chi connectivity index (χ1n) is 7.09. The molecular weight excluding hydrogens is 346 g/mol. The molecule has 2 aromatic heterocycles. The predicted molar refractivity (Wildman–Crippen MR) is 92.8 cm³/mol. The van der Waals surface area contributed by atoms with Gasteiger partial charge in [0, 0.05) is 27.3 Å². The number of rotatable bonds is 6. The van der Waals surface area contributed by atoms with Crippen LogP contribution >= 0.6 is 27.3 Å². The maximum Gasteiger partial charge on any atom is 0.0958 e. The van der Waals surface area contributed by atoms with Crippen molar-refractivity contribution in [3.63, 3.8) is 0 Å². The van der Waals surface area contributed by atoms with Gasteiger partial charge >= 0.3 is 0 Å². The summed E-state index contributed by atoms with van der Waals surface area (Å²) in [6.45, 7) is 5.10. The minimum atomic E-state index is 0.946. The lowest BCUT2D eigenvalue weighted by molar-refractivity contribution is 0.591. The van der Waals surface area contributed by atoms with Gasteiger partial charge < -0.3 is 9.88 Å². The normalized spacial score (nSPS) is 11.3. The van der Waals surface area contributed by atoms with E-state index in [-0.39, 0.29) is 0 Å². The van der Waals surface area contributed by atoms with E-state index in [1.807, 2.05) is 23.7 Å². The van der Waals surface area contributed by atoms with Crippen LogP contribution in [-0.4, -0.2) is 16.1 Å². The second kappa shape index (κ2) is 6.73. The van der Waals surface area contributed by atoms with Crippen molar-refractivity contribution in [3.8, 4) is 0 Å². The van der Waals surface area contributed by atoms with Gasteiger partial charge in [0.2, 0.25) is 0 Å². The molecule has 0 unspecified atom stereocenters. The maximum atomic E-state index is 4.42. The molecule has 0 bridgehead atoms. The van der Waals surface area contributed by atoms with Crippen LogP contribution in [0.15, 0.2) is 41.1 Å². The number of fused-ring (bicyclic) bond motifs is 1. The van der Waals surface area contributed by atoms with Crippen molar-refractivity contribution in [1.82, 2.24) is 14.9 Å². The molecule has 0 aliphatic rings. The molecule has 3 nitrogen and oxygen atoms in total. The average Bonchev–Trinajstić information content (AvgIpc) is 3.03. The van der Waals surface area contributed by atoms with Crippen LogP contribution in [0, 0.1) is 6.92 Å². The molecule has 0 spiro atoms. The lowest BCUT2D eigenvalue weighted by atomic mass is 10.3. The fourth-order valence-electron chi connectivity index (χ4n) is 2.38. The molecule has 0 aliphatic carbocycles. The molecule has 3 aromatic rings. The Balaban J connectivity index is 1.46. The van der Waals surface area contributed by atoms with Crippen molar-refractivity contribution in [2.75, 3.05) is 6.54 Å². The van der Waals surface area contributed by atoms with Crippen LogP contribution < -0.4 is 5.32 Å². The third-order valence-corrected chi connectivity index (χ3v) is 5.62. The molecule has 0 amide bonds. The lowest BCUT2D eigenvalue weighted by Crippen LogP contribution is -2.15. The summed E-state index contributed by atoms with van der Waals surface area (Å²) >= 11 is 5.41. The number of benzene rings is 1. The molecule has 0 saturated heterocycles. The molecule has 0 radical (unpaired) electrons. The SMILES string of the molecule is Cc1sc(CNCCCn2cnc3ccccc32)cc1Br. The van der Waals surface area contributed by atoms with E-state index in [0.717, 1.165) is 31.6 Å². The van der Waals surface area contributed by atoms with Crippen LogP contribution in [-0.2, 0) is 13.1 Å². The van der Waals surface area contributed by atoms with Crippen LogP contribution in [0.3, 0.4) is 0 Å². The van der Waals surface area contributed by atoms with E-state index >= 15 is 0 Å². The van der Waals surface area contributed by atoms with Crippen molar-refractivity contribution in [2.24, 2.45) is 0 Å². The largest absolute Gasteiger partial charge is 0.331 e. The van der Waals surface area contributed by atoms with Crippen molar-refractivity contribution in [3.05, 3.63) is 50.9 Å². The molecule has 110 valence electrons. The van der Waals surface area contributed by atoms with E-state index in [1.54, 1.807) is 0 Å². The Hall–Kier alpha value is -1.17. The van der Waals surface area contributed by atoms with Gasteiger partial charge in [-0.25, -0.2) is 4.98 Å². The summed E-state index contributed by atoms with van der Waals surface area (Å²) < 4.78 is 3.44. The highest BCUT2D eigenvalue weighted by molar-refractivity contribution is 9.10. The summed E-state index contributed by atoms with van der Waals surface area (Å²) in [5.74, 6) is 0. The Kier molecular flexibility index (Phi) is 4.73. The van der Waals surface area contributed by atoms with Crippen molar-refractivity contribution in [1.29, 1.82) is 0 Å². The summed E-state index contributed by atoms with van der Waals surface area (Å²) in [5, 5.41) is 3.51. The molecule has 21 heavy (non-hydrogen) atoms. The smallest absolute Gasteiger partial charge is 0.0958 e. The minimum absolute atomic E-state index is 0.946. The van der Waals surface area contributed by atoms with Crippen LogP contribution in [0.5, 0.6) is 0 Å². The number of hydrogen-bond acceptors (Lipinski definition) is 3. The van der Waals surface area contributed by atoms with E-state index in [2.05, 4.69) is 62.0 Å². The van der Waals surface area contributed by atoms with Gasteiger partial charge in [0.1, 0.15) is 0 Å². The lowest BCUT2D eigenvalue weighted by Gasteiger charge is -2.05. The third kappa shape index (κ3) is 3.54. The number of nitrogens with zero attached hydrogens (tertiary/aromatic N) is 2. The second-order valence-corrected chi connectivity index (χ2v) is 7.27. The monoisotopic (exact) mass is 363 g/mol. The Morgan fingerprint density at radius 1 is 1.33 bits per heavy atom. The Labute approximate surface area is 137 Å². The number of para-hydroxylation sites is 2. The Morgan fingerprint density at radius 2 is 2.19 bits per heavy atom. The molecular formula is C16H18BrN3S. The molecule has 0 fully saturated rings. The number of nitrogens with one attached hydrogen (secondary N) is 1. The third-order valence-electron chi connectivity index (χ3n) is 3.49. The molecule has 3 rings (SSSR count). The molecule has 2 heterocycles. The van der Waals surface area contributed by atoms with Crippen LogP contribution in [0.25, 0.3) is 11.0 Å². The first kappa shape index (κ1) is 14.8. The number of thiophene rings is 1. The summed E-state index contributed by atoms with van der Waals surface area (Å²) in [6, 6.07) is 10.5. The topological polar surface area (TPSA) is 29.9 Å². The number of aryl methyl sites for hydroxylation is 2. The first-order valence-corrected chi connectivity index (χ1v) is 8.70. The molecule has 1 aromatic carbocycles. The van der Waals surface area contributed by atoms with E-state index in [4.69, 9.17) is 0 Å². The van der Waals surface area contributed by atoms with Crippen molar-refractivity contribution >= 4 is 38.3 Å². The molecule has 1 N–H and O–H groups in total. The van der Waals surface area contributed by atoms with Gasteiger partial charge in [0.05, 0.1) is 17.4 Å². The summed E-state index contributed by atoms with van der Waals surface area (Å²) in [6.07, 6.45) is 3.04. The van der Waals surface area contributed by atoms with Crippen LogP contribution in [0.4, 0.5) is 0 Å². The summed E-state index contributed by atoms with van der Waals surface area (Å²) in [7, 11) is 0. The predicted octanol–water partition coefficient (Wildman–Crippen LogP) is 4.35. The van der Waals surface area contributed by atoms with Gasteiger partial charge in [-0.05, 0) is 54.0 Å². The van der Waals surface area contributed by atoms with E-state index in [1.165, 1.54) is 19.7 Å². The zero-order chi connectivity index (χ0) is 14.7. The molecule has 5 heteroatoms. The van der Waals surface area contributed by atoms with Crippen molar-refractivity contribution in [2.45, 2.75) is 26.4 Å². The number of hydrogen-bond donors (Lipinski definition) is 1. The van der Waals surface area contributed by atoms with E-state index in [9.17, 15) is 0 Å². The fraction of sp³-hybridized carbons (Fsp3) is 0.312. The van der Waals surface area contributed by atoms with E-state index in [0.29, 0.717) is 0 Å². The molecule has 0 atom stereocenters. The van der Waals surface area contributed by atoms with Crippen LogP contribution in [0.1, 0.15) is 16.2 Å². The van der Waals surface area contributed by atoms with Gasteiger partial charge in [-0.1, -0.05) is 12.1 Å². The van der Waals surface area contributed by atoms with E-state index < -0.39 is 0 Å². The molecule has 0 aliphatic heterocycles. The highest BCUT2D eigenvalue weighted by Gasteiger charge is 2.03. The highest BCUT2D eigenvalue weighted by Crippen LogP contribution is 2.26. The zero-order valence-corrected chi connectivity index (χ0v) is 14.4. The minimum Gasteiger partial charge on any atom is -0.331 e. The summed E-state index contributed by atoms with van der Waals surface area (Å²) in [5.41, 5.74) is 2.29. The van der Waals surface area contributed by atoms with Gasteiger partial charge in [-0.3, -0.25) is 0 Å². The highest BCUT2D eigenvalue weighted by atomic mass is 79.9. The average molecular weight is 364 g/mol. The van der Waals surface area contributed by atoms with Crippen molar-refractivity contribution < 1.29 is 0 Å². The maximum absolute atomic E-state index is 4.42. The summed E-state index contributed by atoms with van der Waals surface area (Å²) in [4.78, 5) is 7.14. The quantitative estimate of drug-likeness (QED) is 0.659. The van der Waals surface area contributed by atoms with Gasteiger partial charge in [-0.2, -0.15) is 0 Å². The van der Waals surface area contributed by atoms with Crippen LogP contribution in [0.2, 0.25) is 0 Å². The fourth-order valence-corrected chi connectivity index (χ4v) is 3.95. The zero-order valence-electron chi connectivity index (χ0n) is 12.0. The second-order valence-electron chi connectivity index (χ2n) is 5.07. The first-order chi connectivity index (χ1) is 10.2. The van der Waals surface area contributed by atoms with Gasteiger partial charge in [0.15, 0.2) is 0 Å². The Morgan fingerprint density at radius 3 is 3.00 bits per heavy atom.